The van der Waals surface area contributed by atoms with E-state index < -0.39 is 0 Å². The lowest BCUT2D eigenvalue weighted by atomic mass is 11.1. The summed E-state index contributed by atoms with van der Waals surface area (Å²) in [6.07, 6.45) is 0. The van der Waals surface area contributed by atoms with Crippen LogP contribution in [0.2, 0.25) is 0 Å². The molecule has 0 aromatic carbocycles. The molecule has 0 atom stereocenters. The number of nitrogens with zero attached hydrogens (tertiary/aromatic N) is 2. The highest BCUT2D eigenvalue weighted by Gasteiger charge is 1.83. The van der Waals surface area contributed by atoms with Crippen molar-refractivity contribution in [2.24, 2.45) is 10.2 Å². The Morgan fingerprint density at radius 2 is 1.80 bits per heavy atom. The van der Waals surface area contributed by atoms with E-state index in [1.54, 1.807) is 0 Å². The topological polar surface area (TPSA) is 36.8 Å². The minimum Gasteiger partial charge on any atom is -0.276 e. The average molecular weight is 71.1 g/mol. The van der Waals surface area contributed by atoms with E-state index in [2.05, 4.69) is 15.5 Å². The molecule has 3 heteroatoms. The van der Waals surface area contributed by atoms with Gasteiger partial charge in [0.1, 0.15) is 13.3 Å². The quantitative estimate of drug-likeness (QED) is 0.427. The molecule has 0 aliphatic carbocycles. The van der Waals surface area contributed by atoms with Crippen LogP contribution in [0.15, 0.2) is 10.2 Å². The highest BCUT2D eigenvalue weighted by atomic mass is 15.3. The molecule has 1 rings (SSSR count). The molecule has 0 radical (unpaired) electrons. The molecule has 0 aromatic heterocycles. The minimum atomic E-state index is 0.708. The zero-order valence-corrected chi connectivity index (χ0v) is 2.81. The first-order valence-electron chi connectivity index (χ1n) is 1.54. The van der Waals surface area contributed by atoms with E-state index in [0.717, 1.165) is 0 Å². The summed E-state index contributed by atoms with van der Waals surface area (Å²) in [5.74, 6) is 0. The fourth-order valence-corrected chi connectivity index (χ4v) is 0.250. The lowest BCUT2D eigenvalue weighted by Gasteiger charge is -1.72. The molecule has 0 amide bonds. The molecule has 1 heterocycles. The van der Waals surface area contributed by atoms with Crippen LogP contribution in [-0.2, 0) is 0 Å². The van der Waals surface area contributed by atoms with Crippen molar-refractivity contribution in [2.45, 2.75) is 0 Å². The second-order valence-corrected chi connectivity index (χ2v) is 0.849. The van der Waals surface area contributed by atoms with Gasteiger partial charge in [0.2, 0.25) is 0 Å². The van der Waals surface area contributed by atoms with Gasteiger partial charge in [0, 0.05) is 0 Å². The van der Waals surface area contributed by atoms with Gasteiger partial charge in [-0.1, -0.05) is 0 Å². The van der Waals surface area contributed by atoms with E-state index in [4.69, 9.17) is 0 Å². The van der Waals surface area contributed by atoms with E-state index in [1.807, 2.05) is 0 Å². The van der Waals surface area contributed by atoms with Gasteiger partial charge in [0.05, 0.1) is 0 Å². The molecule has 0 aromatic rings. The molecule has 0 saturated carbocycles. The standard InChI is InChI=1S/C2H5N3/c1-3-2-5-4-1/h3H,1-2H2. The Morgan fingerprint density at radius 3 is 2.00 bits per heavy atom. The van der Waals surface area contributed by atoms with Gasteiger partial charge in [-0.3, -0.25) is 5.32 Å². The molecule has 1 aliphatic heterocycles. The Labute approximate surface area is 30.1 Å². The van der Waals surface area contributed by atoms with Crippen molar-refractivity contribution in [2.75, 3.05) is 13.3 Å². The molecule has 1 N–H and O–H groups in total. The average Bonchev–Trinajstić information content (AvgIpc) is 1.76. The van der Waals surface area contributed by atoms with Gasteiger partial charge in [0.15, 0.2) is 0 Å². The summed E-state index contributed by atoms with van der Waals surface area (Å²) in [4.78, 5) is 0. The van der Waals surface area contributed by atoms with Crippen molar-refractivity contribution in [1.82, 2.24) is 5.32 Å². The molecular formula is C2H5N3. The summed E-state index contributed by atoms with van der Waals surface area (Å²) in [5, 5.41) is 10.1. The van der Waals surface area contributed by atoms with Crippen molar-refractivity contribution in [1.29, 1.82) is 0 Å². The molecule has 5 heavy (non-hydrogen) atoms. The molecular weight excluding hydrogens is 66.0 g/mol. The van der Waals surface area contributed by atoms with Crippen molar-refractivity contribution in [3.8, 4) is 0 Å². The van der Waals surface area contributed by atoms with Crippen molar-refractivity contribution in [3.05, 3.63) is 0 Å². The highest BCUT2D eigenvalue weighted by molar-refractivity contribution is 4.42. The number of azo groups is 1. The largest absolute Gasteiger partial charge is 0.276 e. The molecule has 3 nitrogen and oxygen atoms in total. The Balaban J connectivity index is 2.32. The second kappa shape index (κ2) is 1.12. The summed E-state index contributed by atoms with van der Waals surface area (Å²) in [6.45, 7) is 1.42. The number of rotatable bonds is 0. The van der Waals surface area contributed by atoms with E-state index in [9.17, 15) is 0 Å². The maximum Gasteiger partial charge on any atom is 0.111 e. The first-order chi connectivity index (χ1) is 2.50. The Kier molecular flexibility index (Phi) is 0.624. The first kappa shape index (κ1) is 2.78. The van der Waals surface area contributed by atoms with Gasteiger partial charge >= 0.3 is 0 Å². The first-order valence-corrected chi connectivity index (χ1v) is 1.54. The van der Waals surface area contributed by atoms with Gasteiger partial charge in [0.25, 0.3) is 0 Å². The van der Waals surface area contributed by atoms with E-state index in [1.165, 1.54) is 0 Å². The lowest BCUT2D eigenvalue weighted by Crippen LogP contribution is -2.04. The van der Waals surface area contributed by atoms with Crippen LogP contribution in [0.3, 0.4) is 0 Å². The Bertz CT molecular complexity index is 42.9. The number of hydrogen-bond donors (Lipinski definition) is 1. The molecule has 0 unspecified atom stereocenters. The van der Waals surface area contributed by atoms with Crippen molar-refractivity contribution >= 4 is 0 Å². The third kappa shape index (κ3) is 0.417. The van der Waals surface area contributed by atoms with Crippen LogP contribution in [0, 0.1) is 0 Å². The summed E-state index contributed by atoms with van der Waals surface area (Å²) < 4.78 is 0. The third-order valence-electron chi connectivity index (χ3n) is 0.465. The summed E-state index contributed by atoms with van der Waals surface area (Å²) in [5.41, 5.74) is 0. The zero-order valence-electron chi connectivity index (χ0n) is 2.81. The zero-order chi connectivity index (χ0) is 3.54. The minimum absolute atomic E-state index is 0.708. The monoisotopic (exact) mass is 71.0 g/mol. The normalized spacial score (nSPS) is 20.8. The third-order valence-corrected chi connectivity index (χ3v) is 0.465. The highest BCUT2D eigenvalue weighted by Crippen LogP contribution is 1.76. The molecule has 1 aliphatic rings. The smallest absolute Gasteiger partial charge is 0.111 e. The van der Waals surface area contributed by atoms with E-state index >= 15 is 0 Å². The van der Waals surface area contributed by atoms with Gasteiger partial charge < -0.3 is 0 Å². The van der Waals surface area contributed by atoms with Crippen LogP contribution in [0.5, 0.6) is 0 Å². The number of hydrogen-bond acceptors (Lipinski definition) is 3. The van der Waals surface area contributed by atoms with Crippen LogP contribution in [0.25, 0.3) is 0 Å². The van der Waals surface area contributed by atoms with Crippen molar-refractivity contribution < 1.29 is 0 Å². The van der Waals surface area contributed by atoms with Crippen LogP contribution in [-0.4, -0.2) is 13.3 Å². The van der Waals surface area contributed by atoms with Crippen LogP contribution < -0.4 is 5.32 Å². The summed E-state index contributed by atoms with van der Waals surface area (Å²) >= 11 is 0. The van der Waals surface area contributed by atoms with Crippen molar-refractivity contribution in [3.63, 3.8) is 0 Å². The summed E-state index contributed by atoms with van der Waals surface area (Å²) in [7, 11) is 0. The van der Waals surface area contributed by atoms with Crippen LogP contribution in [0.1, 0.15) is 0 Å². The maximum absolute atomic E-state index is 3.60. The fourth-order valence-electron chi connectivity index (χ4n) is 0.250. The van der Waals surface area contributed by atoms with E-state index in [0.29, 0.717) is 13.3 Å². The predicted molar refractivity (Wildman–Crippen MR) is 17.7 cm³/mol. The Morgan fingerprint density at radius 1 is 1.20 bits per heavy atom. The molecule has 0 spiro atoms. The molecule has 0 fully saturated rings. The Hall–Kier alpha value is -0.440. The maximum atomic E-state index is 3.60. The van der Waals surface area contributed by atoms with Gasteiger partial charge in [-0.2, -0.15) is 10.2 Å². The second-order valence-electron chi connectivity index (χ2n) is 0.849. The predicted octanol–water partition coefficient (Wildman–Crippen LogP) is -0.0432. The van der Waals surface area contributed by atoms with Gasteiger partial charge in [-0.15, -0.1) is 0 Å². The van der Waals surface area contributed by atoms with Crippen LogP contribution in [0.4, 0.5) is 0 Å². The van der Waals surface area contributed by atoms with E-state index in [-0.39, 0.29) is 0 Å². The summed E-state index contributed by atoms with van der Waals surface area (Å²) in [6, 6.07) is 0. The van der Waals surface area contributed by atoms with Crippen LogP contribution >= 0.6 is 0 Å². The number of nitrogens with one attached hydrogen (secondary N) is 1. The lowest BCUT2D eigenvalue weighted by molar-refractivity contribution is 0.831. The molecule has 28 valence electrons. The molecule has 0 bridgehead atoms. The molecule has 0 saturated heterocycles. The fraction of sp³-hybridized carbons (Fsp3) is 1.00. The SMILES string of the molecule is C1N=NCN1. The van der Waals surface area contributed by atoms with Gasteiger partial charge in [-0.05, 0) is 0 Å². The van der Waals surface area contributed by atoms with Gasteiger partial charge in [-0.25, -0.2) is 0 Å².